The molecule has 0 N–H and O–H groups in total. The zero-order valence-electron chi connectivity index (χ0n) is 19.6. The third-order valence-electron chi connectivity index (χ3n) is 5.75. The molecule has 1 unspecified atom stereocenters. The van der Waals surface area contributed by atoms with Gasteiger partial charge in [-0.2, -0.15) is 31.1 Å². The molecule has 3 aromatic rings. The third-order valence-corrected chi connectivity index (χ3v) is 7.45. The predicted molar refractivity (Wildman–Crippen MR) is 127 cm³/mol. The van der Waals surface area contributed by atoms with Crippen molar-refractivity contribution in [2.75, 3.05) is 21.3 Å². The van der Waals surface area contributed by atoms with Gasteiger partial charge in [0.25, 0.3) is 10.0 Å². The van der Waals surface area contributed by atoms with Crippen molar-refractivity contribution in [1.82, 2.24) is 4.41 Å². The molecule has 1 atom stereocenters. The Kier molecular flexibility index (Phi) is 6.85. The largest absolute Gasteiger partial charge is 0.493 e. The molecule has 7 nitrogen and oxygen atoms in total. The number of hydrazone groups is 1. The second-order valence-electron chi connectivity index (χ2n) is 7.89. The molecule has 1 aliphatic heterocycles. The highest BCUT2D eigenvalue weighted by molar-refractivity contribution is 7.89. The molecule has 0 saturated heterocycles. The van der Waals surface area contributed by atoms with Crippen LogP contribution < -0.4 is 14.2 Å². The van der Waals surface area contributed by atoms with Gasteiger partial charge in [0, 0.05) is 6.42 Å². The quantitative estimate of drug-likeness (QED) is 0.424. The molecule has 0 amide bonds. The minimum Gasteiger partial charge on any atom is -0.493 e. The summed E-state index contributed by atoms with van der Waals surface area (Å²) < 4.78 is 84.3. The molecule has 0 aromatic heterocycles. The fourth-order valence-corrected chi connectivity index (χ4v) is 5.46. The minimum absolute atomic E-state index is 0.00326. The number of nitrogens with zero attached hydrogens (tertiary/aromatic N) is 2. The van der Waals surface area contributed by atoms with Crippen LogP contribution >= 0.6 is 0 Å². The van der Waals surface area contributed by atoms with Gasteiger partial charge in [0.1, 0.15) is 0 Å². The van der Waals surface area contributed by atoms with Crippen LogP contribution in [0.3, 0.4) is 0 Å². The number of rotatable bonds is 7. The van der Waals surface area contributed by atoms with Gasteiger partial charge in [0.05, 0.1) is 43.5 Å². The number of hydrogen-bond donors (Lipinski definition) is 0. The molecule has 0 aliphatic carbocycles. The lowest BCUT2D eigenvalue weighted by atomic mass is 9.97. The molecular formula is C25H23F3N2O5S. The highest BCUT2D eigenvalue weighted by atomic mass is 32.2. The van der Waals surface area contributed by atoms with E-state index in [1.165, 1.54) is 45.6 Å². The summed E-state index contributed by atoms with van der Waals surface area (Å²) in [7, 11) is 0.140. The molecule has 0 bridgehead atoms. The number of halogens is 3. The molecule has 3 aromatic carbocycles. The standard InChI is InChI=1S/C25H23F3N2O5S/c1-33-22-13-17(14-23(34-2)24(22)35-3)21-15-20(16-8-7-9-18(12-16)25(26,27)28)29-30(21)36(31,32)19-10-5-4-6-11-19/h4-14,21H,15H2,1-3H3. The normalized spacial score (nSPS) is 16.0. The van der Waals surface area contributed by atoms with Crippen LogP contribution in [0.1, 0.15) is 29.2 Å². The second kappa shape index (κ2) is 9.73. The Balaban J connectivity index is 1.87. The van der Waals surface area contributed by atoms with Gasteiger partial charge in [-0.15, -0.1) is 0 Å². The van der Waals surface area contributed by atoms with Gasteiger partial charge in [-0.25, -0.2) is 0 Å². The van der Waals surface area contributed by atoms with Crippen LogP contribution in [0.5, 0.6) is 17.2 Å². The smallest absolute Gasteiger partial charge is 0.416 e. The summed E-state index contributed by atoms with van der Waals surface area (Å²) in [5.74, 6) is 0.922. The zero-order valence-corrected chi connectivity index (χ0v) is 20.4. The van der Waals surface area contributed by atoms with Gasteiger partial charge < -0.3 is 14.2 Å². The van der Waals surface area contributed by atoms with Gasteiger partial charge in [-0.3, -0.25) is 0 Å². The van der Waals surface area contributed by atoms with Crippen molar-refractivity contribution in [2.24, 2.45) is 5.10 Å². The molecule has 1 heterocycles. The first-order valence-electron chi connectivity index (χ1n) is 10.7. The Hall–Kier alpha value is -3.73. The summed E-state index contributed by atoms with van der Waals surface area (Å²) in [5, 5.41) is 4.32. The van der Waals surface area contributed by atoms with E-state index in [0.29, 0.717) is 22.8 Å². The number of hydrogen-bond acceptors (Lipinski definition) is 6. The lowest BCUT2D eigenvalue weighted by Crippen LogP contribution is -2.27. The zero-order chi connectivity index (χ0) is 26.1. The van der Waals surface area contributed by atoms with E-state index in [9.17, 15) is 21.6 Å². The van der Waals surface area contributed by atoms with Crippen LogP contribution in [-0.4, -0.2) is 39.9 Å². The lowest BCUT2D eigenvalue weighted by molar-refractivity contribution is -0.137. The molecule has 0 fully saturated rings. The van der Waals surface area contributed by atoms with Crippen molar-refractivity contribution in [2.45, 2.75) is 23.5 Å². The molecule has 0 radical (unpaired) electrons. The highest BCUT2D eigenvalue weighted by Gasteiger charge is 2.39. The van der Waals surface area contributed by atoms with Crippen LogP contribution in [0, 0.1) is 0 Å². The summed E-state index contributed by atoms with van der Waals surface area (Å²) >= 11 is 0. The summed E-state index contributed by atoms with van der Waals surface area (Å²) in [4.78, 5) is -0.00326. The van der Waals surface area contributed by atoms with Crippen molar-refractivity contribution in [3.05, 3.63) is 83.4 Å². The van der Waals surface area contributed by atoms with E-state index >= 15 is 0 Å². The van der Waals surface area contributed by atoms with E-state index in [-0.39, 0.29) is 22.6 Å². The number of sulfonamides is 1. The number of benzene rings is 3. The van der Waals surface area contributed by atoms with Crippen LogP contribution in [0.25, 0.3) is 0 Å². The summed E-state index contributed by atoms with van der Waals surface area (Å²) in [6, 6.07) is 14.7. The second-order valence-corrected chi connectivity index (χ2v) is 9.69. The van der Waals surface area contributed by atoms with Gasteiger partial charge in [0.2, 0.25) is 5.75 Å². The highest BCUT2D eigenvalue weighted by Crippen LogP contribution is 2.44. The Labute approximate surface area is 206 Å². The SMILES string of the molecule is COc1cc(C2CC(c3cccc(C(F)(F)F)c3)=NN2S(=O)(=O)c2ccccc2)cc(OC)c1OC. The fourth-order valence-electron chi connectivity index (χ4n) is 4.00. The Morgan fingerprint density at radius 3 is 2.08 bits per heavy atom. The van der Waals surface area contributed by atoms with Crippen molar-refractivity contribution in [1.29, 1.82) is 0 Å². The van der Waals surface area contributed by atoms with E-state index in [0.717, 1.165) is 16.5 Å². The average Bonchev–Trinajstić information content (AvgIpc) is 3.34. The van der Waals surface area contributed by atoms with Gasteiger partial charge >= 0.3 is 6.18 Å². The van der Waals surface area contributed by atoms with Crippen molar-refractivity contribution in [3.63, 3.8) is 0 Å². The summed E-state index contributed by atoms with van der Waals surface area (Å²) in [5.41, 5.74) is -0.0153. The maximum atomic E-state index is 13.6. The molecule has 0 saturated carbocycles. The topological polar surface area (TPSA) is 77.4 Å². The van der Waals surface area contributed by atoms with E-state index < -0.39 is 27.8 Å². The third kappa shape index (κ3) is 4.70. The summed E-state index contributed by atoms with van der Waals surface area (Å²) in [6.07, 6.45) is -4.53. The summed E-state index contributed by atoms with van der Waals surface area (Å²) in [6.45, 7) is 0. The molecule has 1 aliphatic rings. The van der Waals surface area contributed by atoms with E-state index in [1.807, 2.05) is 0 Å². The first-order chi connectivity index (χ1) is 17.1. The van der Waals surface area contributed by atoms with E-state index in [1.54, 1.807) is 30.3 Å². The maximum absolute atomic E-state index is 13.6. The Bertz CT molecular complexity index is 1370. The Morgan fingerprint density at radius 2 is 1.53 bits per heavy atom. The maximum Gasteiger partial charge on any atom is 0.416 e. The van der Waals surface area contributed by atoms with Gasteiger partial charge in [-0.1, -0.05) is 30.3 Å². The molecular weight excluding hydrogens is 497 g/mol. The molecule has 11 heteroatoms. The van der Waals surface area contributed by atoms with Crippen LogP contribution in [0.4, 0.5) is 13.2 Å². The molecule has 0 spiro atoms. The van der Waals surface area contributed by atoms with Crippen molar-refractivity contribution < 1.29 is 35.8 Å². The molecule has 4 rings (SSSR count). The van der Waals surface area contributed by atoms with Crippen LogP contribution in [0.15, 0.2) is 76.7 Å². The first kappa shape index (κ1) is 25.4. The van der Waals surface area contributed by atoms with E-state index in [4.69, 9.17) is 14.2 Å². The molecule has 36 heavy (non-hydrogen) atoms. The van der Waals surface area contributed by atoms with E-state index in [2.05, 4.69) is 5.10 Å². The average molecular weight is 521 g/mol. The first-order valence-corrected chi connectivity index (χ1v) is 12.2. The fraction of sp³-hybridized carbons (Fsp3) is 0.240. The van der Waals surface area contributed by atoms with Crippen LogP contribution in [0.2, 0.25) is 0 Å². The Morgan fingerprint density at radius 1 is 0.889 bits per heavy atom. The number of methoxy groups -OCH3 is 3. The van der Waals surface area contributed by atoms with Gasteiger partial charge in [0.15, 0.2) is 11.5 Å². The van der Waals surface area contributed by atoms with Crippen LogP contribution in [-0.2, 0) is 16.2 Å². The van der Waals surface area contributed by atoms with Crippen molar-refractivity contribution in [3.8, 4) is 17.2 Å². The minimum atomic E-state index is -4.55. The lowest BCUT2D eigenvalue weighted by Gasteiger charge is -2.24. The number of alkyl halides is 3. The van der Waals surface area contributed by atoms with Crippen molar-refractivity contribution >= 4 is 15.7 Å². The monoisotopic (exact) mass is 520 g/mol. The predicted octanol–water partition coefficient (Wildman–Crippen LogP) is 5.27. The molecule has 190 valence electrons. The van der Waals surface area contributed by atoms with Gasteiger partial charge in [-0.05, 0) is 47.5 Å². The number of ether oxygens (including phenoxy) is 3.